The topological polar surface area (TPSA) is 52.6 Å². The maximum Gasteiger partial charge on any atom is 0.256 e. The van der Waals surface area contributed by atoms with E-state index < -0.39 is 0 Å². The average molecular weight is 444 g/mol. The fraction of sp³-hybridized carbons (Fsp3) is 0.231. The molecule has 5 rings (SSSR count). The van der Waals surface area contributed by atoms with Gasteiger partial charge in [-0.15, -0.1) is 0 Å². The maximum absolute atomic E-state index is 13.3. The van der Waals surface area contributed by atoms with Gasteiger partial charge in [0.2, 0.25) is 0 Å². The van der Waals surface area contributed by atoms with E-state index in [1.54, 1.807) is 11.8 Å². The Kier molecular flexibility index (Phi) is 5.39. The lowest BCUT2D eigenvalue weighted by Crippen LogP contribution is -2.53. The molecule has 1 fully saturated rings. The zero-order chi connectivity index (χ0) is 22.2. The molecule has 0 saturated carbocycles. The Bertz CT molecular complexity index is 1210. The van der Waals surface area contributed by atoms with Gasteiger partial charge in [0.05, 0.1) is 11.3 Å². The molecule has 0 aliphatic carbocycles. The van der Waals surface area contributed by atoms with Gasteiger partial charge < -0.3 is 15.1 Å². The van der Waals surface area contributed by atoms with Crippen LogP contribution in [0.1, 0.15) is 33.2 Å². The highest BCUT2D eigenvalue weighted by atomic mass is 32.2. The predicted octanol–water partition coefficient (Wildman–Crippen LogP) is 5.06. The van der Waals surface area contributed by atoms with Crippen LogP contribution in [-0.2, 0) is 0 Å². The highest BCUT2D eigenvalue weighted by Crippen LogP contribution is 2.39. The summed E-state index contributed by atoms with van der Waals surface area (Å²) in [5.74, 6) is -0.138. The van der Waals surface area contributed by atoms with Crippen LogP contribution in [-0.4, -0.2) is 42.4 Å². The van der Waals surface area contributed by atoms with Gasteiger partial charge in [0, 0.05) is 46.7 Å². The summed E-state index contributed by atoms with van der Waals surface area (Å²) in [4.78, 5) is 32.1. The minimum absolute atomic E-state index is 0.00422. The standard InChI is InChI=1S/C26H25N3O2S/c1-17-6-5-7-20(14-17)29-13-12-28(16-18(29)2)26(31)19-10-11-24-22(15-19)27-25(30)21-8-3-4-9-23(21)32-24/h3-11,14-15,18H,12-13,16H2,1-2H3,(H,27,30). The molecular weight excluding hydrogens is 418 g/mol. The minimum atomic E-state index is -0.142. The van der Waals surface area contributed by atoms with Gasteiger partial charge >= 0.3 is 0 Å². The van der Waals surface area contributed by atoms with Gasteiger partial charge in [0.25, 0.3) is 11.8 Å². The van der Waals surface area contributed by atoms with Crippen molar-refractivity contribution in [3.63, 3.8) is 0 Å². The number of nitrogens with one attached hydrogen (secondary N) is 1. The summed E-state index contributed by atoms with van der Waals surface area (Å²) in [6.45, 7) is 6.38. The van der Waals surface area contributed by atoms with Gasteiger partial charge in [0.15, 0.2) is 0 Å². The van der Waals surface area contributed by atoms with Crippen LogP contribution in [0.2, 0.25) is 0 Å². The van der Waals surface area contributed by atoms with Crippen molar-refractivity contribution in [2.75, 3.05) is 29.9 Å². The molecule has 2 aliphatic rings. The second-order valence-corrected chi connectivity index (χ2v) is 9.48. The van der Waals surface area contributed by atoms with Crippen molar-refractivity contribution in [2.24, 2.45) is 0 Å². The molecule has 0 radical (unpaired) electrons. The molecule has 2 amide bonds. The summed E-state index contributed by atoms with van der Waals surface area (Å²) >= 11 is 1.55. The van der Waals surface area contributed by atoms with Crippen molar-refractivity contribution < 1.29 is 9.59 Å². The first-order chi connectivity index (χ1) is 15.5. The van der Waals surface area contributed by atoms with Crippen LogP contribution in [0.25, 0.3) is 0 Å². The molecule has 3 aromatic rings. The zero-order valence-corrected chi connectivity index (χ0v) is 19.0. The third-order valence-electron chi connectivity index (χ3n) is 6.07. The monoisotopic (exact) mass is 443 g/mol. The predicted molar refractivity (Wildman–Crippen MR) is 129 cm³/mol. The van der Waals surface area contributed by atoms with E-state index in [9.17, 15) is 9.59 Å². The highest BCUT2D eigenvalue weighted by molar-refractivity contribution is 7.99. The van der Waals surface area contributed by atoms with Crippen LogP contribution in [0.3, 0.4) is 0 Å². The first-order valence-corrected chi connectivity index (χ1v) is 11.7. The lowest BCUT2D eigenvalue weighted by atomic mass is 10.1. The van der Waals surface area contributed by atoms with Crippen LogP contribution in [0.4, 0.5) is 11.4 Å². The molecule has 1 N–H and O–H groups in total. The maximum atomic E-state index is 13.3. The molecule has 0 aromatic heterocycles. The Balaban J connectivity index is 1.34. The molecule has 5 nitrogen and oxygen atoms in total. The molecule has 32 heavy (non-hydrogen) atoms. The summed E-state index contributed by atoms with van der Waals surface area (Å²) in [5, 5.41) is 2.98. The second-order valence-electron chi connectivity index (χ2n) is 8.40. The van der Waals surface area contributed by atoms with Crippen molar-refractivity contribution in [2.45, 2.75) is 29.7 Å². The smallest absolute Gasteiger partial charge is 0.256 e. The van der Waals surface area contributed by atoms with Gasteiger partial charge in [-0.3, -0.25) is 9.59 Å². The van der Waals surface area contributed by atoms with E-state index in [1.165, 1.54) is 11.3 Å². The number of anilines is 2. The van der Waals surface area contributed by atoms with Crippen molar-refractivity contribution in [3.05, 3.63) is 83.4 Å². The van der Waals surface area contributed by atoms with E-state index in [0.717, 1.165) is 16.3 Å². The van der Waals surface area contributed by atoms with Gasteiger partial charge in [0.1, 0.15) is 0 Å². The number of carbonyl (C=O) groups excluding carboxylic acids is 2. The molecule has 1 atom stereocenters. The van der Waals surface area contributed by atoms with Crippen molar-refractivity contribution in [3.8, 4) is 0 Å². The Morgan fingerprint density at radius 2 is 1.84 bits per heavy atom. The van der Waals surface area contributed by atoms with Crippen LogP contribution in [0.5, 0.6) is 0 Å². The minimum Gasteiger partial charge on any atom is -0.365 e. The van der Waals surface area contributed by atoms with E-state index >= 15 is 0 Å². The number of fused-ring (bicyclic) bond motifs is 2. The third-order valence-corrected chi connectivity index (χ3v) is 7.23. The van der Waals surface area contributed by atoms with Gasteiger partial charge in [-0.1, -0.05) is 36.0 Å². The normalized spacial score (nSPS) is 17.8. The van der Waals surface area contributed by atoms with Crippen LogP contribution in [0, 0.1) is 6.92 Å². The molecule has 2 aliphatic heterocycles. The van der Waals surface area contributed by atoms with E-state index in [2.05, 4.69) is 48.3 Å². The highest BCUT2D eigenvalue weighted by Gasteiger charge is 2.28. The lowest BCUT2D eigenvalue weighted by molar-refractivity contribution is 0.0726. The molecule has 0 spiro atoms. The SMILES string of the molecule is Cc1cccc(N2CCN(C(=O)c3ccc4c(c3)NC(=O)c3ccccc3S4)CC2C)c1. The van der Waals surface area contributed by atoms with Gasteiger partial charge in [-0.2, -0.15) is 0 Å². The van der Waals surface area contributed by atoms with Crippen LogP contribution in [0.15, 0.2) is 76.5 Å². The number of aryl methyl sites for hydroxylation is 1. The first-order valence-electron chi connectivity index (χ1n) is 10.8. The quantitative estimate of drug-likeness (QED) is 0.601. The van der Waals surface area contributed by atoms with Crippen LogP contribution >= 0.6 is 11.8 Å². The Hall–Kier alpha value is -3.25. The molecule has 162 valence electrons. The van der Waals surface area contributed by atoms with Crippen molar-refractivity contribution in [1.82, 2.24) is 4.90 Å². The summed E-state index contributed by atoms with van der Waals surface area (Å²) in [7, 11) is 0. The Morgan fingerprint density at radius 3 is 2.66 bits per heavy atom. The second kappa shape index (κ2) is 8.36. The number of nitrogens with zero attached hydrogens (tertiary/aromatic N) is 2. The number of carbonyl (C=O) groups is 2. The summed E-state index contributed by atoms with van der Waals surface area (Å²) in [6, 6.07) is 21.9. The van der Waals surface area contributed by atoms with E-state index in [4.69, 9.17) is 0 Å². The van der Waals surface area contributed by atoms with Gasteiger partial charge in [-0.05, 0) is 61.9 Å². The molecular formula is C26H25N3O2S. The van der Waals surface area contributed by atoms with Crippen molar-refractivity contribution >= 4 is 35.0 Å². The number of hydrogen-bond donors (Lipinski definition) is 1. The Morgan fingerprint density at radius 1 is 1.00 bits per heavy atom. The van der Waals surface area contributed by atoms with E-state index in [0.29, 0.717) is 29.9 Å². The van der Waals surface area contributed by atoms with Crippen molar-refractivity contribution in [1.29, 1.82) is 0 Å². The number of amides is 2. The summed E-state index contributed by atoms with van der Waals surface area (Å²) < 4.78 is 0. The van der Waals surface area contributed by atoms with Crippen LogP contribution < -0.4 is 10.2 Å². The van der Waals surface area contributed by atoms with E-state index in [-0.39, 0.29) is 17.9 Å². The fourth-order valence-corrected chi connectivity index (χ4v) is 5.43. The molecule has 6 heteroatoms. The summed E-state index contributed by atoms with van der Waals surface area (Å²) in [5.41, 5.74) is 4.39. The zero-order valence-electron chi connectivity index (χ0n) is 18.2. The van der Waals surface area contributed by atoms with E-state index in [1.807, 2.05) is 47.4 Å². The average Bonchev–Trinajstić information content (AvgIpc) is 2.93. The van der Waals surface area contributed by atoms with Gasteiger partial charge in [-0.25, -0.2) is 0 Å². The molecule has 2 heterocycles. The Labute approximate surface area is 192 Å². The summed E-state index contributed by atoms with van der Waals surface area (Å²) in [6.07, 6.45) is 0. The fourth-order valence-electron chi connectivity index (χ4n) is 4.42. The number of hydrogen-bond acceptors (Lipinski definition) is 4. The number of rotatable bonds is 2. The lowest BCUT2D eigenvalue weighted by Gasteiger charge is -2.41. The molecule has 3 aromatic carbocycles. The largest absolute Gasteiger partial charge is 0.365 e. The molecule has 0 bridgehead atoms. The molecule has 1 saturated heterocycles. The number of benzene rings is 3. The third kappa shape index (κ3) is 3.86. The first kappa shape index (κ1) is 20.6. The molecule has 1 unspecified atom stereocenters. The number of piperazine rings is 1.